The molecule has 2 unspecified atom stereocenters. The summed E-state index contributed by atoms with van der Waals surface area (Å²) in [4.78, 5) is 10.9. The Kier molecular flexibility index (Phi) is 4.48. The predicted octanol–water partition coefficient (Wildman–Crippen LogP) is 1.31. The molecular weight excluding hydrogens is 254 g/mol. The van der Waals surface area contributed by atoms with Crippen LogP contribution in [0.3, 0.4) is 0 Å². The van der Waals surface area contributed by atoms with E-state index in [4.69, 9.17) is 10.5 Å². The Balaban J connectivity index is 3.03. The second-order valence-corrected chi connectivity index (χ2v) is 6.34. The molecule has 0 aliphatic rings. The van der Waals surface area contributed by atoms with Crippen LogP contribution in [-0.4, -0.2) is 20.6 Å². The zero-order chi connectivity index (χ0) is 13.9. The van der Waals surface area contributed by atoms with Crippen LogP contribution in [0.2, 0.25) is 0 Å². The summed E-state index contributed by atoms with van der Waals surface area (Å²) in [6.07, 6.45) is 0.647. The number of nitrogens with two attached hydrogens (primary N) is 1. The Bertz CT molecular complexity index is 539. The highest BCUT2D eigenvalue weighted by Gasteiger charge is 2.19. The lowest BCUT2D eigenvalue weighted by Gasteiger charge is -2.15. The lowest BCUT2D eigenvalue weighted by atomic mass is 10.1. The molecule has 0 bridgehead atoms. The van der Waals surface area contributed by atoms with Crippen molar-refractivity contribution >= 4 is 15.8 Å². The number of carbonyl (C=O) groups excluding carboxylic acids is 1. The maximum Gasteiger partial charge on any atom is 0.303 e. The molecule has 1 aromatic rings. The quantitative estimate of drug-likeness (QED) is 0.834. The topological polar surface area (TPSA) is 86.5 Å². The van der Waals surface area contributed by atoms with Crippen LogP contribution < -0.4 is 5.73 Å². The molecule has 18 heavy (non-hydrogen) atoms. The average molecular weight is 271 g/mol. The first-order valence-electron chi connectivity index (χ1n) is 5.43. The summed E-state index contributed by atoms with van der Waals surface area (Å²) in [5.74, 6) is -0.389. The molecule has 0 spiro atoms. The lowest BCUT2D eigenvalue weighted by Crippen LogP contribution is -2.20. The summed E-state index contributed by atoms with van der Waals surface area (Å²) in [6.45, 7) is 3.04. The van der Waals surface area contributed by atoms with Crippen LogP contribution in [0, 0.1) is 0 Å². The second kappa shape index (κ2) is 5.49. The van der Waals surface area contributed by atoms with E-state index in [-0.39, 0.29) is 5.97 Å². The second-order valence-electron chi connectivity index (χ2n) is 4.17. The normalized spacial score (nSPS) is 14.9. The van der Waals surface area contributed by atoms with Gasteiger partial charge in [-0.3, -0.25) is 4.79 Å². The van der Waals surface area contributed by atoms with Crippen molar-refractivity contribution in [2.45, 2.75) is 25.3 Å². The minimum Gasteiger partial charge on any atom is -0.458 e. The van der Waals surface area contributed by atoms with Gasteiger partial charge in [0.05, 0.1) is 0 Å². The lowest BCUT2D eigenvalue weighted by molar-refractivity contribution is -0.145. The zero-order valence-electron chi connectivity index (χ0n) is 10.6. The number of esters is 1. The maximum absolute atomic E-state index is 11.4. The van der Waals surface area contributed by atoms with Gasteiger partial charge in [0.2, 0.25) is 0 Å². The number of benzene rings is 1. The van der Waals surface area contributed by atoms with E-state index in [0.717, 1.165) is 6.26 Å². The zero-order valence-corrected chi connectivity index (χ0v) is 11.4. The Morgan fingerprint density at radius 1 is 1.33 bits per heavy atom. The van der Waals surface area contributed by atoms with Crippen LogP contribution in [0.15, 0.2) is 24.3 Å². The first-order valence-corrected chi connectivity index (χ1v) is 7.39. The van der Waals surface area contributed by atoms with E-state index >= 15 is 0 Å². The summed E-state index contributed by atoms with van der Waals surface area (Å²) >= 11 is 0. The van der Waals surface area contributed by atoms with Crippen molar-refractivity contribution in [3.05, 3.63) is 35.4 Å². The van der Waals surface area contributed by atoms with Gasteiger partial charge in [0, 0.05) is 13.2 Å². The van der Waals surface area contributed by atoms with Crippen molar-refractivity contribution in [2.75, 3.05) is 6.26 Å². The molecule has 1 aromatic carbocycles. The Labute approximate surface area is 107 Å². The van der Waals surface area contributed by atoms with Crippen LogP contribution in [0.1, 0.15) is 36.5 Å². The highest BCUT2D eigenvalue weighted by Crippen LogP contribution is 2.22. The molecule has 1 rings (SSSR count). The van der Waals surface area contributed by atoms with E-state index in [9.17, 15) is 13.2 Å². The third kappa shape index (κ3) is 3.82. The largest absolute Gasteiger partial charge is 0.458 e. The number of hydrogen-bond acceptors (Lipinski definition) is 5. The van der Waals surface area contributed by atoms with Crippen LogP contribution in [-0.2, 0) is 19.4 Å². The standard InChI is InChI=1S/C12H17NO4S/c1-8(17-9(2)14)10-5-4-6-11(7-10)12(13)18(3,15)16/h4-8,12H,13H2,1-3H3. The first kappa shape index (κ1) is 14.7. The minimum absolute atomic E-state index is 0.389. The van der Waals surface area contributed by atoms with E-state index in [1.165, 1.54) is 6.92 Å². The number of ether oxygens (including phenoxy) is 1. The highest BCUT2D eigenvalue weighted by atomic mass is 32.2. The van der Waals surface area contributed by atoms with Gasteiger partial charge in [-0.15, -0.1) is 0 Å². The molecule has 0 heterocycles. The first-order chi connectivity index (χ1) is 8.21. The molecular formula is C12H17NO4S. The Morgan fingerprint density at radius 2 is 1.89 bits per heavy atom. The molecule has 2 atom stereocenters. The van der Waals surface area contributed by atoms with Gasteiger partial charge in [0.15, 0.2) is 9.84 Å². The molecule has 0 saturated heterocycles. The molecule has 5 nitrogen and oxygen atoms in total. The monoisotopic (exact) mass is 271 g/mol. The van der Waals surface area contributed by atoms with Crippen molar-refractivity contribution in [3.63, 3.8) is 0 Å². The summed E-state index contributed by atoms with van der Waals surface area (Å²) in [7, 11) is -3.35. The van der Waals surface area contributed by atoms with Gasteiger partial charge in [-0.25, -0.2) is 8.42 Å². The molecule has 0 aromatic heterocycles. The van der Waals surface area contributed by atoms with Crippen LogP contribution in [0.4, 0.5) is 0 Å². The van der Waals surface area contributed by atoms with Gasteiger partial charge in [0.25, 0.3) is 0 Å². The van der Waals surface area contributed by atoms with E-state index in [0.29, 0.717) is 11.1 Å². The van der Waals surface area contributed by atoms with Crippen molar-refractivity contribution < 1.29 is 17.9 Å². The number of hydrogen-bond donors (Lipinski definition) is 1. The predicted molar refractivity (Wildman–Crippen MR) is 68.4 cm³/mol. The number of sulfone groups is 1. The van der Waals surface area contributed by atoms with Crippen LogP contribution in [0.5, 0.6) is 0 Å². The summed E-state index contributed by atoms with van der Waals surface area (Å²) in [6, 6.07) is 6.72. The molecule has 2 N–H and O–H groups in total. The molecule has 6 heteroatoms. The summed E-state index contributed by atoms with van der Waals surface area (Å²) < 4.78 is 27.8. The van der Waals surface area contributed by atoms with Gasteiger partial charge in [0.1, 0.15) is 11.5 Å². The van der Waals surface area contributed by atoms with Crippen molar-refractivity contribution in [3.8, 4) is 0 Å². The third-order valence-electron chi connectivity index (χ3n) is 2.51. The van der Waals surface area contributed by atoms with Crippen molar-refractivity contribution in [2.24, 2.45) is 5.73 Å². The van der Waals surface area contributed by atoms with Gasteiger partial charge < -0.3 is 10.5 Å². The molecule has 0 aliphatic heterocycles. The van der Waals surface area contributed by atoms with Gasteiger partial charge in [-0.05, 0) is 24.1 Å². The molecule has 0 fully saturated rings. The van der Waals surface area contributed by atoms with E-state index in [1.54, 1.807) is 31.2 Å². The Hall–Kier alpha value is -1.40. The van der Waals surface area contributed by atoms with Gasteiger partial charge >= 0.3 is 5.97 Å². The van der Waals surface area contributed by atoms with Gasteiger partial charge in [-0.1, -0.05) is 18.2 Å². The van der Waals surface area contributed by atoms with Crippen LogP contribution in [0.25, 0.3) is 0 Å². The van der Waals surface area contributed by atoms with Gasteiger partial charge in [-0.2, -0.15) is 0 Å². The van der Waals surface area contributed by atoms with E-state index in [1.807, 2.05) is 0 Å². The number of rotatable bonds is 4. The minimum atomic E-state index is -3.35. The Morgan fingerprint density at radius 3 is 2.39 bits per heavy atom. The highest BCUT2D eigenvalue weighted by molar-refractivity contribution is 7.90. The summed E-state index contributed by atoms with van der Waals surface area (Å²) in [5.41, 5.74) is 6.84. The van der Waals surface area contributed by atoms with Crippen LogP contribution >= 0.6 is 0 Å². The van der Waals surface area contributed by atoms with Crippen molar-refractivity contribution in [1.82, 2.24) is 0 Å². The smallest absolute Gasteiger partial charge is 0.303 e. The number of carbonyl (C=O) groups is 1. The van der Waals surface area contributed by atoms with E-state index < -0.39 is 21.3 Å². The maximum atomic E-state index is 11.4. The van der Waals surface area contributed by atoms with Crippen molar-refractivity contribution in [1.29, 1.82) is 0 Å². The molecule has 0 saturated carbocycles. The fourth-order valence-electron chi connectivity index (χ4n) is 1.55. The third-order valence-corrected chi connectivity index (χ3v) is 3.71. The summed E-state index contributed by atoms with van der Waals surface area (Å²) in [5, 5.41) is -1.07. The molecule has 0 radical (unpaired) electrons. The molecule has 0 amide bonds. The molecule has 100 valence electrons. The van der Waals surface area contributed by atoms with E-state index in [2.05, 4.69) is 0 Å². The SMILES string of the molecule is CC(=O)OC(C)c1cccc(C(N)S(C)(=O)=O)c1. The molecule has 0 aliphatic carbocycles. The average Bonchev–Trinajstić information content (AvgIpc) is 2.26. The fourth-order valence-corrected chi connectivity index (χ4v) is 2.19. The fraction of sp³-hybridized carbons (Fsp3) is 0.417.